The first-order chi connectivity index (χ1) is 13.9. The highest BCUT2D eigenvalue weighted by Crippen LogP contribution is 2.38. The average Bonchev–Trinajstić information content (AvgIpc) is 2.98. The molecule has 1 heterocycles. The highest BCUT2D eigenvalue weighted by molar-refractivity contribution is 6.32. The van der Waals surface area contributed by atoms with Gasteiger partial charge in [0.1, 0.15) is 5.70 Å². The Morgan fingerprint density at radius 1 is 1.17 bits per heavy atom. The van der Waals surface area contributed by atoms with E-state index in [0.717, 1.165) is 11.3 Å². The first kappa shape index (κ1) is 20.7. The molecule has 2 aromatic carbocycles. The summed E-state index contributed by atoms with van der Waals surface area (Å²) in [6.45, 7) is 6.27. The molecule has 152 valence electrons. The Morgan fingerprint density at radius 2 is 1.90 bits per heavy atom. The van der Waals surface area contributed by atoms with Crippen LogP contribution in [-0.4, -0.2) is 24.6 Å². The third-order valence-electron chi connectivity index (χ3n) is 4.43. The van der Waals surface area contributed by atoms with Crippen LogP contribution in [0.4, 0.5) is 10.5 Å². The number of ether oxygens (including phenoxy) is 2. The number of para-hydroxylation sites is 1. The summed E-state index contributed by atoms with van der Waals surface area (Å²) < 4.78 is 11.6. The second-order valence-electron chi connectivity index (χ2n) is 6.56. The SMILES string of the molecule is CCOc1cc(/C=C2/NC(=O)N(c3ccccc3)C2=O)cc(Cl)c1OC(C)CC. The van der Waals surface area contributed by atoms with Crippen molar-refractivity contribution < 1.29 is 19.1 Å². The topological polar surface area (TPSA) is 67.9 Å². The zero-order valence-electron chi connectivity index (χ0n) is 16.6. The number of urea groups is 1. The Kier molecular flexibility index (Phi) is 6.44. The van der Waals surface area contributed by atoms with E-state index in [1.807, 2.05) is 26.8 Å². The summed E-state index contributed by atoms with van der Waals surface area (Å²) in [5.74, 6) is 0.525. The average molecular weight is 415 g/mol. The molecule has 29 heavy (non-hydrogen) atoms. The molecule has 1 N–H and O–H groups in total. The van der Waals surface area contributed by atoms with Crippen molar-refractivity contribution in [3.05, 3.63) is 58.7 Å². The second-order valence-corrected chi connectivity index (χ2v) is 6.97. The molecule has 3 amide bonds. The minimum atomic E-state index is -0.500. The van der Waals surface area contributed by atoms with Crippen molar-refractivity contribution in [2.24, 2.45) is 0 Å². The number of anilines is 1. The minimum Gasteiger partial charge on any atom is -0.490 e. The molecule has 1 atom stereocenters. The van der Waals surface area contributed by atoms with Crippen molar-refractivity contribution in [3.8, 4) is 11.5 Å². The van der Waals surface area contributed by atoms with Crippen LogP contribution in [0.1, 0.15) is 32.8 Å². The van der Waals surface area contributed by atoms with Crippen LogP contribution in [0, 0.1) is 0 Å². The highest BCUT2D eigenvalue weighted by atomic mass is 35.5. The quantitative estimate of drug-likeness (QED) is 0.510. The summed E-state index contributed by atoms with van der Waals surface area (Å²) in [5.41, 5.74) is 1.28. The van der Waals surface area contributed by atoms with Crippen LogP contribution in [0.3, 0.4) is 0 Å². The Bertz CT molecular complexity index is 943. The Balaban J connectivity index is 1.94. The van der Waals surface area contributed by atoms with E-state index in [2.05, 4.69) is 5.32 Å². The van der Waals surface area contributed by atoms with Crippen LogP contribution < -0.4 is 19.7 Å². The number of hydrogen-bond donors (Lipinski definition) is 1. The van der Waals surface area contributed by atoms with Crippen LogP contribution >= 0.6 is 11.6 Å². The summed E-state index contributed by atoms with van der Waals surface area (Å²) in [6.07, 6.45) is 2.37. The molecule has 1 aliphatic rings. The lowest BCUT2D eigenvalue weighted by atomic mass is 10.1. The van der Waals surface area contributed by atoms with E-state index in [4.69, 9.17) is 21.1 Å². The summed E-state index contributed by atoms with van der Waals surface area (Å²) in [6, 6.07) is 11.7. The zero-order chi connectivity index (χ0) is 21.0. The molecule has 0 spiro atoms. The fraction of sp³-hybridized carbons (Fsp3) is 0.273. The molecular weight excluding hydrogens is 392 g/mol. The van der Waals surface area contributed by atoms with Gasteiger partial charge < -0.3 is 14.8 Å². The maximum Gasteiger partial charge on any atom is 0.333 e. The van der Waals surface area contributed by atoms with Gasteiger partial charge in [-0.05, 0) is 56.2 Å². The molecule has 0 bridgehead atoms. The van der Waals surface area contributed by atoms with Gasteiger partial charge in [-0.25, -0.2) is 9.69 Å². The number of hydrogen-bond acceptors (Lipinski definition) is 4. The van der Waals surface area contributed by atoms with Gasteiger partial charge in [-0.3, -0.25) is 4.79 Å². The van der Waals surface area contributed by atoms with Crippen molar-refractivity contribution in [2.75, 3.05) is 11.5 Å². The van der Waals surface area contributed by atoms with Crippen molar-refractivity contribution >= 4 is 35.3 Å². The van der Waals surface area contributed by atoms with Gasteiger partial charge in [0.05, 0.1) is 23.4 Å². The van der Waals surface area contributed by atoms with Crippen molar-refractivity contribution in [3.63, 3.8) is 0 Å². The Morgan fingerprint density at radius 3 is 2.55 bits per heavy atom. The van der Waals surface area contributed by atoms with Gasteiger partial charge in [0.2, 0.25) is 0 Å². The molecule has 0 radical (unpaired) electrons. The monoisotopic (exact) mass is 414 g/mol. The fourth-order valence-corrected chi connectivity index (χ4v) is 3.11. The number of amides is 3. The lowest BCUT2D eigenvalue weighted by Crippen LogP contribution is -2.30. The van der Waals surface area contributed by atoms with Crippen molar-refractivity contribution in [2.45, 2.75) is 33.3 Å². The lowest BCUT2D eigenvalue weighted by molar-refractivity contribution is -0.113. The molecule has 1 unspecified atom stereocenters. The van der Waals surface area contributed by atoms with Gasteiger partial charge in [-0.15, -0.1) is 0 Å². The first-order valence-corrected chi connectivity index (χ1v) is 9.87. The molecule has 0 saturated carbocycles. The predicted molar refractivity (Wildman–Crippen MR) is 113 cm³/mol. The van der Waals surface area contributed by atoms with Crippen LogP contribution in [0.5, 0.6) is 11.5 Å². The third-order valence-corrected chi connectivity index (χ3v) is 4.71. The van der Waals surface area contributed by atoms with Gasteiger partial charge in [0.15, 0.2) is 11.5 Å². The summed E-state index contributed by atoms with van der Waals surface area (Å²) in [4.78, 5) is 26.2. The first-order valence-electron chi connectivity index (χ1n) is 9.49. The van der Waals surface area contributed by atoms with E-state index in [0.29, 0.717) is 34.4 Å². The largest absolute Gasteiger partial charge is 0.490 e. The predicted octanol–water partition coefficient (Wildman–Crippen LogP) is 5.01. The normalized spacial score (nSPS) is 16.1. The number of nitrogens with one attached hydrogen (secondary N) is 1. The third kappa shape index (κ3) is 4.54. The maximum atomic E-state index is 12.8. The molecule has 0 aromatic heterocycles. The number of nitrogens with zero attached hydrogens (tertiary/aromatic N) is 1. The van der Waals surface area contributed by atoms with Crippen molar-refractivity contribution in [1.29, 1.82) is 0 Å². The Hall–Kier alpha value is -2.99. The van der Waals surface area contributed by atoms with Gasteiger partial charge in [0, 0.05) is 0 Å². The number of rotatable bonds is 7. The molecular formula is C22H23ClN2O4. The maximum absolute atomic E-state index is 12.8. The number of carbonyl (C=O) groups excluding carboxylic acids is 2. The summed E-state index contributed by atoms with van der Waals surface area (Å²) >= 11 is 6.43. The molecule has 2 aromatic rings. The van der Waals surface area contributed by atoms with Crippen LogP contribution in [0.2, 0.25) is 5.02 Å². The molecule has 0 aliphatic carbocycles. The number of benzene rings is 2. The molecule has 1 saturated heterocycles. The molecule has 7 heteroatoms. The minimum absolute atomic E-state index is 0.0222. The van der Waals surface area contributed by atoms with Gasteiger partial charge >= 0.3 is 6.03 Å². The zero-order valence-corrected chi connectivity index (χ0v) is 17.3. The van der Waals surface area contributed by atoms with Crippen LogP contribution in [0.15, 0.2) is 48.2 Å². The van der Waals surface area contributed by atoms with Gasteiger partial charge in [-0.2, -0.15) is 0 Å². The standard InChI is InChI=1S/C22H23ClN2O4/c1-4-14(3)29-20-17(23)11-15(13-19(20)28-5-2)12-18-21(26)25(22(27)24-18)16-9-7-6-8-10-16/h6-14H,4-5H2,1-3H3,(H,24,27)/b18-12+. The lowest BCUT2D eigenvalue weighted by Gasteiger charge is -2.18. The smallest absolute Gasteiger partial charge is 0.333 e. The molecule has 1 aliphatic heterocycles. The summed E-state index contributed by atoms with van der Waals surface area (Å²) in [5, 5.41) is 2.99. The van der Waals surface area contributed by atoms with E-state index in [9.17, 15) is 9.59 Å². The molecule has 6 nitrogen and oxygen atoms in total. The highest BCUT2D eigenvalue weighted by Gasteiger charge is 2.34. The molecule has 1 fully saturated rings. The molecule has 3 rings (SSSR count). The van der Waals surface area contributed by atoms with Gasteiger partial charge in [-0.1, -0.05) is 36.7 Å². The van der Waals surface area contributed by atoms with E-state index in [1.165, 1.54) is 0 Å². The van der Waals surface area contributed by atoms with Crippen LogP contribution in [0.25, 0.3) is 6.08 Å². The van der Waals surface area contributed by atoms with E-state index >= 15 is 0 Å². The second kappa shape index (κ2) is 9.01. The number of imide groups is 1. The summed E-state index contributed by atoms with van der Waals surface area (Å²) in [7, 11) is 0. The number of carbonyl (C=O) groups is 2. The van der Waals surface area contributed by atoms with E-state index in [-0.39, 0.29) is 11.8 Å². The van der Waals surface area contributed by atoms with Crippen LogP contribution in [-0.2, 0) is 4.79 Å². The number of halogens is 1. The Labute approximate surface area is 175 Å². The van der Waals surface area contributed by atoms with Crippen molar-refractivity contribution in [1.82, 2.24) is 5.32 Å². The fourth-order valence-electron chi connectivity index (χ4n) is 2.85. The van der Waals surface area contributed by atoms with E-state index < -0.39 is 11.9 Å². The van der Waals surface area contributed by atoms with E-state index in [1.54, 1.807) is 42.5 Å². The van der Waals surface area contributed by atoms with Gasteiger partial charge in [0.25, 0.3) is 5.91 Å².